The van der Waals surface area contributed by atoms with Crippen LogP contribution in [0.2, 0.25) is 0 Å². The van der Waals surface area contributed by atoms with E-state index in [0.29, 0.717) is 50.3 Å². The van der Waals surface area contributed by atoms with E-state index in [-0.39, 0.29) is 12.0 Å². The van der Waals surface area contributed by atoms with Crippen LogP contribution in [0.15, 0.2) is 18.2 Å². The normalized spacial score (nSPS) is 15.5. The number of hydrogen-bond donors (Lipinski definition) is 4. The Labute approximate surface area is 147 Å². The van der Waals surface area contributed by atoms with E-state index in [1.165, 1.54) is 0 Å². The van der Waals surface area contributed by atoms with Gasteiger partial charge in [-0.05, 0) is 30.9 Å². The van der Waals surface area contributed by atoms with Crippen molar-refractivity contribution in [1.29, 1.82) is 0 Å². The topological polar surface area (TPSA) is 125 Å². The lowest BCUT2D eigenvalue weighted by molar-refractivity contribution is -0.140. The number of carbonyl (C=O) groups excluding carboxylic acids is 1. The molecule has 138 valence electrons. The van der Waals surface area contributed by atoms with Crippen LogP contribution in [0.5, 0.6) is 11.5 Å². The molecule has 0 aliphatic carbocycles. The molecule has 1 fully saturated rings. The van der Waals surface area contributed by atoms with Gasteiger partial charge >= 0.3 is 7.32 Å². The van der Waals surface area contributed by atoms with Gasteiger partial charge in [-0.25, -0.2) is 0 Å². The monoisotopic (exact) mass is 352 g/mol. The molecule has 1 amide bonds. The molecule has 1 unspecified atom stereocenters. The minimum atomic E-state index is -1.88. The van der Waals surface area contributed by atoms with E-state index in [9.17, 15) is 4.79 Å². The lowest BCUT2D eigenvalue weighted by Crippen LogP contribution is -2.56. The Kier molecular flexibility index (Phi) is 7.06. The molecule has 0 bridgehead atoms. The van der Waals surface area contributed by atoms with Crippen LogP contribution in [0, 0.1) is 0 Å². The minimum Gasteiger partial charge on any atom is -0.512 e. The maximum atomic E-state index is 11.9. The molecule has 1 aromatic carbocycles. The summed E-state index contributed by atoms with van der Waals surface area (Å²) in [5.41, 5.74) is 6.08. The molecule has 1 atom stereocenters. The van der Waals surface area contributed by atoms with Gasteiger partial charge in [-0.3, -0.25) is 4.79 Å². The summed E-state index contributed by atoms with van der Waals surface area (Å²) in [6.07, 6.45) is 1.03. The Morgan fingerprint density at radius 1 is 1.44 bits per heavy atom. The fourth-order valence-corrected chi connectivity index (χ4v) is 2.65. The molecular weight excluding hydrogens is 327 g/mol. The van der Waals surface area contributed by atoms with E-state index in [0.717, 1.165) is 5.56 Å². The number of nitrogens with two attached hydrogens (primary N) is 1. The summed E-state index contributed by atoms with van der Waals surface area (Å²) in [5.74, 6) is 0.938. The number of benzene rings is 1. The first-order valence-corrected chi connectivity index (χ1v) is 8.42. The highest BCUT2D eigenvalue weighted by Crippen LogP contribution is 2.27. The number of nitrogens with zero attached hydrogens (tertiary/aromatic N) is 1. The number of amides is 1. The highest BCUT2D eigenvalue weighted by atomic mass is 16.6. The van der Waals surface area contributed by atoms with E-state index in [1.807, 2.05) is 13.0 Å². The summed E-state index contributed by atoms with van der Waals surface area (Å²) >= 11 is 0. The zero-order chi connectivity index (χ0) is 18.4. The largest absolute Gasteiger partial charge is 0.707 e. The molecule has 9 heteroatoms. The summed E-state index contributed by atoms with van der Waals surface area (Å²) in [5, 5.41) is 27.0. The van der Waals surface area contributed by atoms with Crippen molar-refractivity contribution in [3.63, 3.8) is 0 Å². The zero-order valence-corrected chi connectivity index (χ0v) is 14.3. The predicted octanol–water partition coefficient (Wildman–Crippen LogP) is -0.366. The minimum absolute atomic E-state index is 0.0225. The number of hydrogen-bond acceptors (Lipinski definition) is 7. The number of likely N-dealkylation sites (tertiary alicyclic amines) is 1. The number of aliphatic hydroxyl groups excluding tert-OH is 1. The fraction of sp³-hybridized carbons (Fsp3) is 0.562. The van der Waals surface area contributed by atoms with Crippen LogP contribution in [-0.2, 0) is 11.2 Å². The highest BCUT2D eigenvalue weighted by molar-refractivity contribution is 6.33. The quantitative estimate of drug-likeness (QED) is 0.353. The average Bonchev–Trinajstić information content (AvgIpc) is 2.49. The molecule has 1 aliphatic rings. The van der Waals surface area contributed by atoms with E-state index in [1.54, 1.807) is 17.0 Å². The highest BCUT2D eigenvalue weighted by Gasteiger charge is 2.32. The second kappa shape index (κ2) is 9.05. The Morgan fingerprint density at radius 3 is 2.76 bits per heavy atom. The van der Waals surface area contributed by atoms with Gasteiger partial charge in [0.05, 0.1) is 13.1 Å². The number of rotatable bonds is 9. The smallest absolute Gasteiger partial charge is 0.512 e. The molecule has 0 radical (unpaired) electrons. The van der Waals surface area contributed by atoms with E-state index < -0.39 is 13.5 Å². The molecule has 1 saturated heterocycles. The van der Waals surface area contributed by atoms with Gasteiger partial charge in [0.2, 0.25) is 5.91 Å². The molecule has 2 rings (SSSR count). The van der Waals surface area contributed by atoms with Crippen molar-refractivity contribution >= 4 is 13.2 Å². The Hall–Kier alpha value is -1.81. The molecule has 0 saturated carbocycles. The van der Waals surface area contributed by atoms with E-state index >= 15 is 0 Å². The third-order valence-electron chi connectivity index (χ3n) is 4.05. The second-order valence-electron chi connectivity index (χ2n) is 6.07. The molecule has 0 spiro atoms. The van der Waals surface area contributed by atoms with Gasteiger partial charge in [-0.1, -0.05) is 13.0 Å². The average molecular weight is 352 g/mol. The van der Waals surface area contributed by atoms with Gasteiger partial charge in [-0.2, -0.15) is 0 Å². The molecule has 1 heterocycles. The number of aryl methyl sites for hydroxylation is 1. The van der Waals surface area contributed by atoms with Crippen LogP contribution in [-0.4, -0.2) is 58.7 Å². The SMILES string of the molecule is CCc1ccc(OC2CN(C(=O)CCCC(N)O)C2)cc1OB(O)O. The van der Waals surface area contributed by atoms with E-state index in [4.69, 9.17) is 30.3 Å². The number of ether oxygens (including phenoxy) is 1. The van der Waals surface area contributed by atoms with Crippen molar-refractivity contribution in [3.05, 3.63) is 23.8 Å². The molecule has 1 aromatic rings. The molecule has 8 nitrogen and oxygen atoms in total. The van der Waals surface area contributed by atoms with Crippen LogP contribution < -0.4 is 15.1 Å². The second-order valence-corrected chi connectivity index (χ2v) is 6.07. The summed E-state index contributed by atoms with van der Waals surface area (Å²) in [4.78, 5) is 13.6. The van der Waals surface area contributed by atoms with E-state index in [2.05, 4.69) is 0 Å². The Bertz CT molecular complexity index is 578. The molecule has 25 heavy (non-hydrogen) atoms. The summed E-state index contributed by atoms with van der Waals surface area (Å²) in [6.45, 7) is 2.93. The van der Waals surface area contributed by atoms with Crippen LogP contribution in [0.3, 0.4) is 0 Å². The summed E-state index contributed by atoms with van der Waals surface area (Å²) < 4.78 is 10.8. The Balaban J connectivity index is 1.81. The third kappa shape index (κ3) is 5.89. The predicted molar refractivity (Wildman–Crippen MR) is 91.7 cm³/mol. The molecule has 0 aromatic heterocycles. The van der Waals surface area contributed by atoms with Gasteiger partial charge in [0.15, 0.2) is 0 Å². The van der Waals surface area contributed by atoms with Crippen molar-refractivity contribution in [1.82, 2.24) is 4.90 Å². The van der Waals surface area contributed by atoms with Gasteiger partial charge in [0.1, 0.15) is 23.8 Å². The van der Waals surface area contributed by atoms with Gasteiger partial charge in [0.25, 0.3) is 0 Å². The molecule has 5 N–H and O–H groups in total. The van der Waals surface area contributed by atoms with Crippen LogP contribution in [0.4, 0.5) is 0 Å². The first-order chi connectivity index (χ1) is 11.9. The first-order valence-electron chi connectivity index (χ1n) is 8.42. The summed E-state index contributed by atoms with van der Waals surface area (Å²) in [6, 6.07) is 5.22. The maximum Gasteiger partial charge on any atom is 0.707 e. The molecular formula is C16H25BN2O6. The van der Waals surface area contributed by atoms with Crippen molar-refractivity contribution in [2.75, 3.05) is 13.1 Å². The number of aliphatic hydroxyl groups is 1. The lowest BCUT2D eigenvalue weighted by Gasteiger charge is -2.39. The first kappa shape index (κ1) is 19.5. The fourth-order valence-electron chi connectivity index (χ4n) is 2.65. The van der Waals surface area contributed by atoms with Gasteiger partial charge < -0.3 is 35.2 Å². The van der Waals surface area contributed by atoms with Crippen LogP contribution in [0.1, 0.15) is 31.7 Å². The third-order valence-corrected chi connectivity index (χ3v) is 4.05. The van der Waals surface area contributed by atoms with Crippen molar-refractivity contribution in [3.8, 4) is 11.5 Å². The van der Waals surface area contributed by atoms with Gasteiger partial charge in [0, 0.05) is 12.5 Å². The summed E-state index contributed by atoms with van der Waals surface area (Å²) in [7, 11) is -1.88. The van der Waals surface area contributed by atoms with Crippen molar-refractivity contribution < 1.29 is 29.3 Å². The maximum absolute atomic E-state index is 11.9. The lowest BCUT2D eigenvalue weighted by atomic mass is 10.1. The van der Waals surface area contributed by atoms with Crippen molar-refractivity contribution in [2.45, 2.75) is 44.9 Å². The van der Waals surface area contributed by atoms with Gasteiger partial charge in [-0.15, -0.1) is 0 Å². The Morgan fingerprint density at radius 2 is 2.16 bits per heavy atom. The van der Waals surface area contributed by atoms with Crippen LogP contribution in [0.25, 0.3) is 0 Å². The van der Waals surface area contributed by atoms with Crippen LogP contribution >= 0.6 is 0 Å². The molecule has 1 aliphatic heterocycles. The van der Waals surface area contributed by atoms with Crippen molar-refractivity contribution in [2.24, 2.45) is 5.73 Å². The zero-order valence-electron chi connectivity index (χ0n) is 14.3. The number of carbonyl (C=O) groups is 1. The standard InChI is InChI=1S/C16H25BN2O6/c1-2-11-6-7-12(8-14(11)25-17(22)23)24-13-9-19(10-13)16(21)5-3-4-15(18)20/h6-8,13,15,20,22-23H,2-5,9-10,18H2,1H3.